The van der Waals surface area contributed by atoms with E-state index in [0.717, 1.165) is 0 Å². The van der Waals surface area contributed by atoms with E-state index >= 15 is 0 Å². The summed E-state index contributed by atoms with van der Waals surface area (Å²) in [7, 11) is -1.70. The Morgan fingerprint density at radius 2 is 0.773 bits per heavy atom. The fourth-order valence-corrected chi connectivity index (χ4v) is 7.26. The van der Waals surface area contributed by atoms with Crippen molar-refractivity contribution in [2.45, 2.75) is 6.55 Å². The summed E-state index contributed by atoms with van der Waals surface area (Å²) in [5, 5.41) is 1.91. The summed E-state index contributed by atoms with van der Waals surface area (Å²) < 4.78 is 0. The van der Waals surface area contributed by atoms with Gasteiger partial charge in [-0.2, -0.15) is 0 Å². The Morgan fingerprint density at radius 3 is 1.00 bits per heavy atom. The second-order valence-corrected chi connectivity index (χ2v) is 9.21. The van der Waals surface area contributed by atoms with Gasteiger partial charge in [-0.25, -0.2) is 9.97 Å². The molecule has 0 unspecified atom stereocenters. The first-order valence-corrected chi connectivity index (χ1v) is 10.4. The van der Waals surface area contributed by atoms with E-state index in [0.29, 0.717) is 10.4 Å². The number of hydrogen-bond donors (Lipinski definition) is 0. The zero-order valence-corrected chi connectivity index (χ0v) is 17.5. The lowest BCUT2D eigenvalue weighted by Gasteiger charge is -2.18. The van der Waals surface area contributed by atoms with Crippen LogP contribution in [0.15, 0.2) is 0 Å². The molecule has 0 fully saturated rings. The van der Waals surface area contributed by atoms with Crippen molar-refractivity contribution in [3.05, 3.63) is 40.7 Å². The lowest BCUT2D eigenvalue weighted by atomic mass is 10.5. The van der Waals surface area contributed by atoms with Crippen LogP contribution in [0.25, 0.3) is 0 Å². The highest BCUT2D eigenvalue weighted by Gasteiger charge is 2.28. The van der Waals surface area contributed by atoms with Gasteiger partial charge in [0.25, 0.3) is 0 Å². The van der Waals surface area contributed by atoms with Crippen LogP contribution in [0.3, 0.4) is 0 Å². The standard InChI is InChI=1S/C11H3Cl8N2Si/c1-22(6-2(12)8(16)20-9(17)3(6)13)7-4(14)10(18)21-11(19)5(7)15/h1H3. The van der Waals surface area contributed by atoms with E-state index in [-0.39, 0.29) is 40.7 Å². The van der Waals surface area contributed by atoms with Crippen molar-refractivity contribution in [3.63, 3.8) is 0 Å². The Morgan fingerprint density at radius 1 is 0.545 bits per heavy atom. The molecule has 0 aliphatic carbocycles. The first kappa shape index (κ1) is 19.2. The fourth-order valence-electron chi connectivity index (χ4n) is 1.76. The zero-order valence-electron chi connectivity index (χ0n) is 10.4. The molecule has 0 amide bonds. The molecule has 11 heteroatoms. The van der Waals surface area contributed by atoms with Gasteiger partial charge in [0.1, 0.15) is 29.4 Å². The van der Waals surface area contributed by atoms with Crippen LogP contribution in [0, 0.1) is 0 Å². The smallest absolute Gasteiger partial charge is 0.149 e. The van der Waals surface area contributed by atoms with E-state index in [9.17, 15) is 0 Å². The minimum Gasteiger partial charge on any atom is -0.221 e. The van der Waals surface area contributed by atoms with E-state index in [1.807, 2.05) is 6.55 Å². The molecule has 0 aliphatic heterocycles. The molecule has 22 heavy (non-hydrogen) atoms. The second-order valence-electron chi connectivity index (χ2n) is 4.02. The number of pyridine rings is 2. The van der Waals surface area contributed by atoms with Crippen LogP contribution in [0.1, 0.15) is 0 Å². The van der Waals surface area contributed by atoms with Crippen molar-refractivity contribution >= 4 is 112 Å². The largest absolute Gasteiger partial charge is 0.221 e. The molecule has 0 saturated carbocycles. The minimum atomic E-state index is -1.70. The Kier molecular flexibility index (Phi) is 6.43. The number of halogens is 8. The molecule has 0 aromatic carbocycles. The van der Waals surface area contributed by atoms with Crippen LogP contribution in [0.2, 0.25) is 47.2 Å². The fraction of sp³-hybridized carbons (Fsp3) is 0.0909. The predicted octanol–water partition coefficient (Wildman–Crippen LogP) is 5.94. The van der Waals surface area contributed by atoms with Gasteiger partial charge in [-0.1, -0.05) is 99.4 Å². The number of hydrogen-bond acceptors (Lipinski definition) is 2. The first-order chi connectivity index (χ1) is 10.2. The highest BCUT2D eigenvalue weighted by atomic mass is 35.5. The molecule has 0 N–H and O–H groups in total. The van der Waals surface area contributed by atoms with Gasteiger partial charge >= 0.3 is 0 Å². The summed E-state index contributed by atoms with van der Waals surface area (Å²) >= 11 is 48.7. The van der Waals surface area contributed by atoms with Crippen molar-refractivity contribution in [2.24, 2.45) is 0 Å². The number of nitrogens with zero attached hydrogens (tertiary/aromatic N) is 2. The quantitative estimate of drug-likeness (QED) is 0.397. The van der Waals surface area contributed by atoms with Crippen molar-refractivity contribution in [3.8, 4) is 0 Å². The van der Waals surface area contributed by atoms with Crippen molar-refractivity contribution in [2.75, 3.05) is 0 Å². The lowest BCUT2D eigenvalue weighted by molar-refractivity contribution is 1.33. The summed E-state index contributed by atoms with van der Waals surface area (Å²) in [5.41, 5.74) is 0. The van der Waals surface area contributed by atoms with Crippen molar-refractivity contribution in [1.29, 1.82) is 0 Å². The third kappa shape index (κ3) is 3.44. The predicted molar refractivity (Wildman–Crippen MR) is 99.4 cm³/mol. The van der Waals surface area contributed by atoms with Gasteiger partial charge in [0, 0.05) is 0 Å². The van der Waals surface area contributed by atoms with Gasteiger partial charge in [0.05, 0.1) is 20.1 Å². The summed E-state index contributed by atoms with van der Waals surface area (Å²) in [6.07, 6.45) is 0. The Bertz CT molecular complexity index is 651. The van der Waals surface area contributed by atoms with E-state index in [4.69, 9.17) is 92.8 Å². The first-order valence-electron chi connectivity index (χ1n) is 5.41. The molecule has 2 heterocycles. The average Bonchev–Trinajstić information content (AvgIpc) is 2.44. The van der Waals surface area contributed by atoms with E-state index in [1.165, 1.54) is 0 Å². The number of rotatable bonds is 2. The monoisotopic (exact) mass is 471 g/mol. The molecule has 2 nitrogen and oxygen atoms in total. The normalized spacial score (nSPS) is 11.4. The van der Waals surface area contributed by atoms with Gasteiger partial charge in [-0.3, -0.25) is 0 Å². The molecule has 2 aromatic heterocycles. The molecule has 0 spiro atoms. The molecule has 0 atom stereocenters. The molecule has 2 aromatic rings. The Labute approximate surface area is 168 Å². The summed E-state index contributed by atoms with van der Waals surface area (Å²) in [5.74, 6) is 0. The average molecular weight is 475 g/mol. The molecule has 117 valence electrons. The molecule has 0 saturated heterocycles. The van der Waals surface area contributed by atoms with Crippen LogP contribution in [0.4, 0.5) is 0 Å². The van der Waals surface area contributed by atoms with Crippen LogP contribution >= 0.6 is 92.8 Å². The van der Waals surface area contributed by atoms with Gasteiger partial charge in [-0.05, 0) is 10.4 Å². The lowest BCUT2D eigenvalue weighted by Crippen LogP contribution is -2.42. The Balaban J connectivity index is 2.77. The third-order valence-electron chi connectivity index (χ3n) is 2.75. The van der Waals surface area contributed by atoms with Gasteiger partial charge in [-0.15, -0.1) is 0 Å². The highest BCUT2D eigenvalue weighted by molar-refractivity contribution is 6.90. The Hall–Kier alpha value is 0.837. The molecular formula is C11H3Cl8N2Si. The number of aromatic nitrogens is 2. The topological polar surface area (TPSA) is 25.8 Å². The van der Waals surface area contributed by atoms with Gasteiger partial charge in [0.2, 0.25) is 0 Å². The maximum Gasteiger partial charge on any atom is 0.149 e. The molecule has 1 radical (unpaired) electrons. The summed E-state index contributed by atoms with van der Waals surface area (Å²) in [6, 6.07) is 0. The SMILES string of the molecule is C[Si](c1c(Cl)c(Cl)nc(Cl)c1Cl)c1c(Cl)c(Cl)nc(Cl)c1Cl. The summed E-state index contributed by atoms with van der Waals surface area (Å²) in [4.78, 5) is 7.68. The van der Waals surface area contributed by atoms with E-state index in [1.54, 1.807) is 0 Å². The highest BCUT2D eigenvalue weighted by Crippen LogP contribution is 2.31. The molecule has 0 aliphatic rings. The van der Waals surface area contributed by atoms with Crippen LogP contribution in [0.5, 0.6) is 0 Å². The zero-order chi connectivity index (χ0) is 16.8. The van der Waals surface area contributed by atoms with Crippen molar-refractivity contribution < 1.29 is 0 Å². The maximum atomic E-state index is 6.22. The van der Waals surface area contributed by atoms with Gasteiger partial charge < -0.3 is 0 Å². The van der Waals surface area contributed by atoms with E-state index < -0.39 is 8.80 Å². The minimum absolute atomic E-state index is 0.0360. The maximum absolute atomic E-state index is 6.22. The molecular weight excluding hydrogens is 472 g/mol. The summed E-state index contributed by atoms with van der Waals surface area (Å²) in [6.45, 7) is 1.85. The molecule has 2 rings (SSSR count). The second kappa shape index (κ2) is 7.38. The van der Waals surface area contributed by atoms with Crippen molar-refractivity contribution in [1.82, 2.24) is 9.97 Å². The molecule has 0 bridgehead atoms. The van der Waals surface area contributed by atoms with Crippen LogP contribution in [-0.4, -0.2) is 18.8 Å². The van der Waals surface area contributed by atoms with Crippen LogP contribution < -0.4 is 10.4 Å². The van der Waals surface area contributed by atoms with E-state index in [2.05, 4.69) is 9.97 Å². The third-order valence-corrected chi connectivity index (χ3v) is 8.83. The van der Waals surface area contributed by atoms with Gasteiger partial charge in [0.15, 0.2) is 0 Å². The van der Waals surface area contributed by atoms with Crippen LogP contribution in [-0.2, 0) is 0 Å².